The maximum atomic E-state index is 10.5. The number of rotatable bonds is 6. The van der Waals surface area contributed by atoms with Crippen molar-refractivity contribution in [1.29, 1.82) is 0 Å². The SMILES string of the molecule is O=P(O)(O)OCC1OC(O)(COP(=O)(O)O)C(O)C1O.[Ca+2]. The Kier molecular flexibility index (Phi) is 8.43. The molecule has 21 heavy (non-hydrogen) atoms. The van der Waals surface area contributed by atoms with Gasteiger partial charge in [0, 0.05) is 0 Å². The number of aliphatic hydroxyl groups is 3. The van der Waals surface area contributed by atoms with E-state index < -0.39 is 53.0 Å². The smallest absolute Gasteiger partial charge is 0.387 e. The predicted molar refractivity (Wildman–Crippen MR) is 63.6 cm³/mol. The van der Waals surface area contributed by atoms with Crippen LogP contribution in [0.3, 0.4) is 0 Å². The molecule has 1 fully saturated rings. The van der Waals surface area contributed by atoms with Crippen molar-refractivity contribution in [3.05, 3.63) is 0 Å². The quantitative estimate of drug-likeness (QED) is 0.178. The Morgan fingerprint density at radius 3 is 1.95 bits per heavy atom. The molecule has 1 aliphatic rings. The molecule has 0 saturated carbocycles. The van der Waals surface area contributed by atoms with Crippen molar-refractivity contribution < 1.29 is 57.8 Å². The van der Waals surface area contributed by atoms with Gasteiger partial charge in [-0.05, 0) is 0 Å². The minimum Gasteiger partial charge on any atom is -0.387 e. The van der Waals surface area contributed by atoms with Crippen LogP contribution in [0.1, 0.15) is 0 Å². The molecule has 12 nitrogen and oxygen atoms in total. The number of hydrogen-bond acceptors (Lipinski definition) is 8. The predicted octanol–water partition coefficient (Wildman–Crippen LogP) is -3.37. The van der Waals surface area contributed by atoms with Crippen LogP contribution in [0.5, 0.6) is 0 Å². The molecule has 1 rings (SSSR count). The van der Waals surface area contributed by atoms with Gasteiger partial charge in [-0.15, -0.1) is 0 Å². The van der Waals surface area contributed by atoms with Crippen molar-refractivity contribution >= 4 is 53.4 Å². The Balaban J connectivity index is 0.00000400. The van der Waals surface area contributed by atoms with E-state index in [4.69, 9.17) is 19.6 Å². The van der Waals surface area contributed by atoms with Gasteiger partial charge in [0.25, 0.3) is 0 Å². The van der Waals surface area contributed by atoms with Gasteiger partial charge in [0.1, 0.15) is 24.9 Å². The van der Waals surface area contributed by atoms with Crippen molar-refractivity contribution in [2.24, 2.45) is 0 Å². The third-order valence-electron chi connectivity index (χ3n) is 2.37. The molecule has 0 aromatic carbocycles. The summed E-state index contributed by atoms with van der Waals surface area (Å²) in [5, 5.41) is 28.8. The van der Waals surface area contributed by atoms with Gasteiger partial charge >= 0.3 is 53.4 Å². The van der Waals surface area contributed by atoms with E-state index in [1.165, 1.54) is 0 Å². The van der Waals surface area contributed by atoms with Crippen LogP contribution in [0.4, 0.5) is 0 Å². The van der Waals surface area contributed by atoms with Crippen LogP contribution in [0, 0.1) is 0 Å². The summed E-state index contributed by atoms with van der Waals surface area (Å²) in [6.07, 6.45) is -5.38. The molecule has 0 aromatic heterocycles. The molecule has 1 heterocycles. The second kappa shape index (κ2) is 7.93. The second-order valence-corrected chi connectivity index (χ2v) is 6.47. The first-order chi connectivity index (χ1) is 8.84. The Hall–Kier alpha value is 1.32. The number of hydrogen-bond donors (Lipinski definition) is 7. The van der Waals surface area contributed by atoms with Crippen LogP contribution in [0.2, 0.25) is 0 Å². The maximum Gasteiger partial charge on any atom is 2.00 e. The number of phosphoric acid groups is 2. The summed E-state index contributed by atoms with van der Waals surface area (Å²) in [6, 6.07) is 0. The fourth-order valence-corrected chi connectivity index (χ4v) is 2.17. The van der Waals surface area contributed by atoms with E-state index in [2.05, 4.69) is 13.8 Å². The molecule has 0 aliphatic carbocycles. The summed E-state index contributed by atoms with van der Waals surface area (Å²) < 4.78 is 33.6. The number of ether oxygens (including phenoxy) is 1. The molecule has 120 valence electrons. The van der Waals surface area contributed by atoms with Crippen LogP contribution in [-0.2, 0) is 22.9 Å². The van der Waals surface area contributed by atoms with Gasteiger partial charge in [-0.25, -0.2) is 9.13 Å². The van der Waals surface area contributed by atoms with Crippen LogP contribution >= 0.6 is 15.6 Å². The Morgan fingerprint density at radius 1 is 1.05 bits per heavy atom. The monoisotopic (exact) mass is 380 g/mol. The van der Waals surface area contributed by atoms with Crippen LogP contribution in [0.25, 0.3) is 0 Å². The summed E-state index contributed by atoms with van der Waals surface area (Å²) in [5.41, 5.74) is 0. The summed E-state index contributed by atoms with van der Waals surface area (Å²) in [7, 11) is -9.82. The van der Waals surface area contributed by atoms with Crippen LogP contribution in [0.15, 0.2) is 0 Å². The normalized spacial score (nSPS) is 33.8. The van der Waals surface area contributed by atoms with Crippen LogP contribution in [-0.4, -0.2) is 110 Å². The third-order valence-corrected chi connectivity index (χ3v) is 3.32. The minimum absolute atomic E-state index is 0. The second-order valence-electron chi connectivity index (χ2n) is 3.99. The van der Waals surface area contributed by atoms with Gasteiger partial charge in [-0.2, -0.15) is 0 Å². The first-order valence-electron chi connectivity index (χ1n) is 5.00. The Morgan fingerprint density at radius 2 is 1.52 bits per heavy atom. The third kappa shape index (κ3) is 7.17. The molecule has 0 spiro atoms. The van der Waals surface area contributed by atoms with E-state index in [-0.39, 0.29) is 37.7 Å². The molecule has 4 unspecified atom stereocenters. The van der Waals surface area contributed by atoms with Gasteiger partial charge in [-0.1, -0.05) is 0 Å². The average molecular weight is 380 g/mol. The van der Waals surface area contributed by atoms with Gasteiger partial charge in [0.15, 0.2) is 0 Å². The van der Waals surface area contributed by atoms with Gasteiger partial charge in [0.05, 0.1) is 6.61 Å². The zero-order valence-corrected chi connectivity index (χ0v) is 14.4. The summed E-state index contributed by atoms with van der Waals surface area (Å²) in [5.74, 6) is -2.66. The summed E-state index contributed by atoms with van der Waals surface area (Å²) in [4.78, 5) is 33.9. The van der Waals surface area contributed by atoms with Gasteiger partial charge in [0.2, 0.25) is 5.79 Å². The van der Waals surface area contributed by atoms with Crippen LogP contribution < -0.4 is 0 Å². The largest absolute Gasteiger partial charge is 2.00 e. The van der Waals surface area contributed by atoms with Crippen molar-refractivity contribution in [3.8, 4) is 0 Å². The summed E-state index contributed by atoms with van der Waals surface area (Å²) >= 11 is 0. The molecule has 0 radical (unpaired) electrons. The zero-order valence-electron chi connectivity index (χ0n) is 10.4. The van der Waals surface area contributed by atoms with Gasteiger partial charge < -0.3 is 39.6 Å². The van der Waals surface area contributed by atoms with Crippen molar-refractivity contribution in [3.63, 3.8) is 0 Å². The molecule has 1 saturated heterocycles. The van der Waals surface area contributed by atoms with E-state index in [1.54, 1.807) is 0 Å². The first-order valence-corrected chi connectivity index (χ1v) is 8.07. The minimum atomic E-state index is -4.96. The van der Waals surface area contributed by atoms with Crippen molar-refractivity contribution in [2.45, 2.75) is 24.1 Å². The zero-order chi connectivity index (χ0) is 15.8. The fourth-order valence-electron chi connectivity index (χ4n) is 1.47. The van der Waals surface area contributed by atoms with E-state index in [0.29, 0.717) is 0 Å². The number of aliphatic hydroxyl groups excluding tert-OH is 2. The molecular formula is C6H14CaO12P2+2. The molecule has 1 aliphatic heterocycles. The molecule has 0 bridgehead atoms. The van der Waals surface area contributed by atoms with E-state index in [1.807, 2.05) is 0 Å². The molecular weight excluding hydrogens is 366 g/mol. The van der Waals surface area contributed by atoms with Gasteiger partial charge in [-0.3, -0.25) is 9.05 Å². The van der Waals surface area contributed by atoms with Crippen molar-refractivity contribution in [1.82, 2.24) is 0 Å². The molecule has 15 heteroatoms. The van der Waals surface area contributed by atoms with E-state index in [0.717, 1.165) is 0 Å². The molecule has 7 N–H and O–H groups in total. The maximum absolute atomic E-state index is 10.5. The van der Waals surface area contributed by atoms with Crippen molar-refractivity contribution in [2.75, 3.05) is 13.2 Å². The standard InChI is InChI=1S/C6H14O12P2.Ca/c7-4-3(1-16-19(10,11)12)18-6(9,5(4)8)2-17-20(13,14)15;/h3-5,7-9H,1-2H2,(H2,10,11,12)(H2,13,14,15);/q;+2. The Labute approximate surface area is 148 Å². The average Bonchev–Trinajstić information content (AvgIpc) is 2.48. The number of phosphoric ester groups is 2. The van der Waals surface area contributed by atoms with E-state index in [9.17, 15) is 24.4 Å². The Bertz CT molecular complexity index is 433. The summed E-state index contributed by atoms with van der Waals surface area (Å²) in [6.45, 7) is -2.05. The molecule has 0 aromatic rings. The topological polar surface area (TPSA) is 203 Å². The molecule has 4 atom stereocenters. The molecule has 0 amide bonds. The first kappa shape index (κ1) is 22.3. The fraction of sp³-hybridized carbons (Fsp3) is 1.00. The van der Waals surface area contributed by atoms with E-state index >= 15 is 0 Å².